The molecule has 0 unspecified atom stereocenters. The maximum Gasteiger partial charge on any atom is 0.261 e. The molecule has 7 nitrogen and oxygen atoms in total. The van der Waals surface area contributed by atoms with E-state index in [0.29, 0.717) is 34.3 Å². The summed E-state index contributed by atoms with van der Waals surface area (Å²) in [5.74, 6) is 1.72. The Morgan fingerprint density at radius 3 is 2.17 bits per heavy atom. The van der Waals surface area contributed by atoms with E-state index in [1.165, 1.54) is 32.5 Å². The number of hydrogen-bond donors (Lipinski definition) is 1. The van der Waals surface area contributed by atoms with Gasteiger partial charge in [-0.25, -0.2) is 0 Å². The number of anilines is 1. The van der Waals surface area contributed by atoms with Crippen LogP contribution in [0.25, 0.3) is 0 Å². The molecule has 0 spiro atoms. The van der Waals surface area contributed by atoms with Gasteiger partial charge < -0.3 is 29.3 Å². The van der Waals surface area contributed by atoms with Crippen LogP contribution >= 0.6 is 0 Å². The van der Waals surface area contributed by atoms with Gasteiger partial charge >= 0.3 is 0 Å². The van der Waals surface area contributed by atoms with Crippen LogP contribution in [-0.2, 0) is 6.54 Å². The molecule has 0 aliphatic carbocycles. The van der Waals surface area contributed by atoms with Gasteiger partial charge in [-0.3, -0.25) is 4.79 Å². The van der Waals surface area contributed by atoms with Crippen molar-refractivity contribution in [3.05, 3.63) is 35.8 Å². The molecule has 2 aromatic rings. The molecule has 0 bridgehead atoms. The first kappa shape index (κ1) is 16.7. The summed E-state index contributed by atoms with van der Waals surface area (Å²) in [4.78, 5) is 14.0. The van der Waals surface area contributed by atoms with Gasteiger partial charge in [0.05, 0.1) is 39.1 Å². The lowest BCUT2D eigenvalue weighted by Crippen LogP contribution is -2.25. The van der Waals surface area contributed by atoms with Gasteiger partial charge in [-0.2, -0.15) is 0 Å². The highest BCUT2D eigenvalue weighted by atomic mass is 16.5. The lowest BCUT2D eigenvalue weighted by molar-refractivity contribution is 0.0992. The lowest BCUT2D eigenvalue weighted by atomic mass is 10.2. The fourth-order valence-electron chi connectivity index (χ4n) is 2.17. The van der Waals surface area contributed by atoms with Gasteiger partial charge in [0.1, 0.15) is 12.0 Å². The second kappa shape index (κ2) is 7.06. The van der Waals surface area contributed by atoms with Crippen LogP contribution in [0.3, 0.4) is 0 Å². The second-order valence-corrected chi connectivity index (χ2v) is 4.75. The van der Waals surface area contributed by atoms with Crippen molar-refractivity contribution in [2.75, 3.05) is 33.3 Å². The molecular weight excluding hydrogens is 300 g/mol. The molecule has 1 amide bonds. The van der Waals surface area contributed by atoms with E-state index in [-0.39, 0.29) is 12.5 Å². The molecule has 124 valence electrons. The minimum atomic E-state index is -0.234. The van der Waals surface area contributed by atoms with Crippen LogP contribution in [0, 0.1) is 0 Å². The number of hydrogen-bond acceptors (Lipinski definition) is 6. The van der Waals surface area contributed by atoms with Gasteiger partial charge in [0, 0.05) is 19.2 Å². The number of ether oxygens (including phenoxy) is 3. The van der Waals surface area contributed by atoms with Crippen LogP contribution in [0.2, 0.25) is 0 Å². The minimum absolute atomic E-state index is 0.234. The number of carbonyl (C=O) groups is 1. The molecule has 23 heavy (non-hydrogen) atoms. The molecule has 0 radical (unpaired) electrons. The van der Waals surface area contributed by atoms with Crippen molar-refractivity contribution in [1.82, 2.24) is 0 Å². The summed E-state index contributed by atoms with van der Waals surface area (Å²) in [6.07, 6.45) is 1.39. The molecule has 2 rings (SSSR count). The highest BCUT2D eigenvalue weighted by molar-refractivity contribution is 6.05. The number of nitrogens with two attached hydrogens (primary N) is 1. The lowest BCUT2D eigenvalue weighted by Gasteiger charge is -2.20. The van der Waals surface area contributed by atoms with Gasteiger partial charge in [0.25, 0.3) is 5.91 Å². The number of methoxy groups -OCH3 is 3. The van der Waals surface area contributed by atoms with E-state index in [4.69, 9.17) is 24.4 Å². The molecule has 0 atom stereocenters. The Bertz CT molecular complexity index is 671. The number of carbonyl (C=O) groups excluding carboxylic acids is 1. The Labute approximate surface area is 134 Å². The van der Waals surface area contributed by atoms with Crippen LogP contribution in [0.15, 0.2) is 28.9 Å². The Hall–Kier alpha value is -2.67. The predicted molar refractivity (Wildman–Crippen MR) is 85.4 cm³/mol. The molecule has 0 aliphatic heterocycles. The van der Waals surface area contributed by atoms with Crippen molar-refractivity contribution >= 4 is 11.6 Å². The van der Waals surface area contributed by atoms with Crippen LogP contribution in [-0.4, -0.2) is 34.3 Å². The number of amides is 1. The summed E-state index contributed by atoms with van der Waals surface area (Å²) < 4.78 is 21.1. The SMILES string of the molecule is COc1cc(N(C)C(=O)c2coc(CN)c2)cc(OC)c1OC. The summed E-state index contributed by atoms with van der Waals surface area (Å²) >= 11 is 0. The van der Waals surface area contributed by atoms with Crippen molar-refractivity contribution in [2.45, 2.75) is 6.54 Å². The second-order valence-electron chi connectivity index (χ2n) is 4.75. The van der Waals surface area contributed by atoms with Crippen molar-refractivity contribution in [2.24, 2.45) is 5.73 Å². The van der Waals surface area contributed by atoms with Crippen LogP contribution in [0.4, 0.5) is 5.69 Å². The summed E-state index contributed by atoms with van der Waals surface area (Å²) in [5, 5.41) is 0. The zero-order chi connectivity index (χ0) is 17.0. The average Bonchev–Trinajstić information content (AvgIpc) is 3.08. The Balaban J connectivity index is 2.38. The van der Waals surface area contributed by atoms with E-state index in [2.05, 4.69) is 0 Å². The zero-order valence-corrected chi connectivity index (χ0v) is 13.6. The molecule has 1 heterocycles. The fourth-order valence-corrected chi connectivity index (χ4v) is 2.17. The highest BCUT2D eigenvalue weighted by Gasteiger charge is 2.20. The van der Waals surface area contributed by atoms with Gasteiger partial charge in [0.15, 0.2) is 11.5 Å². The van der Waals surface area contributed by atoms with Crippen LogP contribution in [0.5, 0.6) is 17.2 Å². The molecule has 2 N–H and O–H groups in total. The Kier molecular flexibility index (Phi) is 5.13. The number of benzene rings is 1. The normalized spacial score (nSPS) is 10.3. The Morgan fingerprint density at radius 2 is 1.74 bits per heavy atom. The van der Waals surface area contributed by atoms with E-state index in [0.717, 1.165) is 0 Å². The molecule has 0 saturated heterocycles. The molecule has 0 aliphatic rings. The molecule has 7 heteroatoms. The summed E-state index contributed by atoms with van der Waals surface area (Å²) in [5.41, 5.74) is 6.51. The number of furan rings is 1. The Morgan fingerprint density at radius 1 is 1.13 bits per heavy atom. The van der Waals surface area contributed by atoms with Crippen molar-refractivity contribution in [3.8, 4) is 17.2 Å². The maximum absolute atomic E-state index is 12.5. The van der Waals surface area contributed by atoms with Crippen LogP contribution < -0.4 is 24.8 Å². The molecule has 0 saturated carbocycles. The average molecular weight is 320 g/mol. The van der Waals surface area contributed by atoms with Gasteiger partial charge in [-0.05, 0) is 6.07 Å². The first-order chi connectivity index (χ1) is 11.0. The van der Waals surface area contributed by atoms with E-state index in [9.17, 15) is 4.79 Å². The van der Waals surface area contributed by atoms with Crippen molar-refractivity contribution < 1.29 is 23.4 Å². The van der Waals surface area contributed by atoms with E-state index >= 15 is 0 Å². The monoisotopic (exact) mass is 320 g/mol. The van der Waals surface area contributed by atoms with Gasteiger partial charge in [0.2, 0.25) is 5.75 Å². The zero-order valence-electron chi connectivity index (χ0n) is 13.6. The summed E-state index contributed by atoms with van der Waals surface area (Å²) in [6.45, 7) is 0.237. The third-order valence-electron chi connectivity index (χ3n) is 3.44. The fraction of sp³-hybridized carbons (Fsp3) is 0.312. The number of rotatable bonds is 6. The van der Waals surface area contributed by atoms with Crippen molar-refractivity contribution in [3.63, 3.8) is 0 Å². The van der Waals surface area contributed by atoms with Gasteiger partial charge in [-0.1, -0.05) is 0 Å². The largest absolute Gasteiger partial charge is 0.493 e. The highest BCUT2D eigenvalue weighted by Crippen LogP contribution is 2.41. The van der Waals surface area contributed by atoms with E-state index in [1.54, 1.807) is 25.2 Å². The summed E-state index contributed by atoms with van der Waals surface area (Å²) in [7, 11) is 6.21. The van der Waals surface area contributed by atoms with E-state index < -0.39 is 0 Å². The van der Waals surface area contributed by atoms with E-state index in [1.807, 2.05) is 0 Å². The standard InChI is InChI=1S/C16H20N2O5/c1-18(16(19)10-5-12(8-17)23-9-10)11-6-13(20-2)15(22-4)14(7-11)21-3/h5-7,9H,8,17H2,1-4H3. The third-order valence-corrected chi connectivity index (χ3v) is 3.44. The maximum atomic E-state index is 12.5. The molecule has 0 fully saturated rings. The van der Waals surface area contributed by atoms with Crippen molar-refractivity contribution in [1.29, 1.82) is 0 Å². The topological polar surface area (TPSA) is 87.2 Å². The molecule has 1 aromatic carbocycles. The van der Waals surface area contributed by atoms with Crippen LogP contribution in [0.1, 0.15) is 16.1 Å². The number of nitrogens with zero attached hydrogens (tertiary/aromatic N) is 1. The predicted octanol–water partition coefficient (Wildman–Crippen LogP) is 2.04. The molecular formula is C16H20N2O5. The first-order valence-electron chi connectivity index (χ1n) is 6.91. The molecule has 1 aromatic heterocycles. The third kappa shape index (κ3) is 3.24. The summed E-state index contributed by atoms with van der Waals surface area (Å²) in [6, 6.07) is 5.02. The quantitative estimate of drug-likeness (QED) is 0.876. The first-order valence-corrected chi connectivity index (χ1v) is 6.91. The smallest absolute Gasteiger partial charge is 0.261 e. The van der Waals surface area contributed by atoms with Gasteiger partial charge in [-0.15, -0.1) is 0 Å². The minimum Gasteiger partial charge on any atom is -0.493 e.